The SMILES string of the molecule is CC(=O)c1cccc(NC(=O)[C@H](OC(=O)[C@H]2C[C@H]3C=C[C@H]2C3)c2ccccc2)c1. The minimum absolute atomic E-state index is 0.0866. The molecule has 2 aliphatic carbocycles. The summed E-state index contributed by atoms with van der Waals surface area (Å²) >= 11 is 0. The largest absolute Gasteiger partial charge is 0.447 e. The Morgan fingerprint density at radius 3 is 2.45 bits per heavy atom. The summed E-state index contributed by atoms with van der Waals surface area (Å²) in [5, 5.41) is 2.78. The summed E-state index contributed by atoms with van der Waals surface area (Å²) in [6.07, 6.45) is 4.97. The van der Waals surface area contributed by atoms with Crippen LogP contribution >= 0.6 is 0 Å². The van der Waals surface area contributed by atoms with E-state index in [1.807, 2.05) is 6.07 Å². The van der Waals surface area contributed by atoms with Crippen LogP contribution in [0.25, 0.3) is 0 Å². The molecule has 148 valence electrons. The first-order valence-corrected chi connectivity index (χ1v) is 9.87. The molecule has 4 atom stereocenters. The van der Waals surface area contributed by atoms with Gasteiger partial charge in [-0.25, -0.2) is 0 Å². The van der Waals surface area contributed by atoms with Crippen molar-refractivity contribution in [2.75, 3.05) is 5.32 Å². The van der Waals surface area contributed by atoms with Gasteiger partial charge in [0.15, 0.2) is 5.78 Å². The van der Waals surface area contributed by atoms with Crippen molar-refractivity contribution >= 4 is 23.3 Å². The van der Waals surface area contributed by atoms with Crippen molar-refractivity contribution in [2.24, 2.45) is 17.8 Å². The summed E-state index contributed by atoms with van der Waals surface area (Å²) in [7, 11) is 0. The minimum atomic E-state index is -1.05. The number of allylic oxidation sites excluding steroid dienone is 2. The highest BCUT2D eigenvalue weighted by Crippen LogP contribution is 2.44. The number of carbonyl (C=O) groups excluding carboxylic acids is 3. The molecule has 0 heterocycles. The summed E-state index contributed by atoms with van der Waals surface area (Å²) in [6, 6.07) is 15.7. The fourth-order valence-corrected chi connectivity index (χ4v) is 4.18. The Bertz CT molecular complexity index is 966. The average Bonchev–Trinajstić information content (AvgIpc) is 3.36. The maximum absolute atomic E-state index is 13.0. The first-order chi connectivity index (χ1) is 14.0. The molecule has 1 saturated carbocycles. The van der Waals surface area contributed by atoms with Gasteiger partial charge in [0.05, 0.1) is 5.92 Å². The molecule has 2 aliphatic rings. The van der Waals surface area contributed by atoms with Gasteiger partial charge in [-0.2, -0.15) is 0 Å². The standard InChI is InChI=1S/C24H23NO4/c1-15(26)18-8-5-9-20(14-18)25-23(27)22(17-6-3-2-4-7-17)29-24(28)21-13-16-10-11-19(21)12-16/h2-11,14,16,19,21-22H,12-13H2,1H3,(H,25,27)/t16-,19-,21-,22+/m0/s1. The van der Waals surface area contributed by atoms with Gasteiger partial charge in [0.1, 0.15) is 0 Å². The van der Waals surface area contributed by atoms with E-state index in [-0.39, 0.29) is 23.6 Å². The van der Waals surface area contributed by atoms with Crippen molar-refractivity contribution in [1.82, 2.24) is 0 Å². The van der Waals surface area contributed by atoms with E-state index in [1.165, 1.54) is 6.92 Å². The number of hydrogen-bond donors (Lipinski definition) is 1. The molecule has 2 aromatic carbocycles. The summed E-state index contributed by atoms with van der Waals surface area (Å²) < 4.78 is 5.73. The Balaban J connectivity index is 1.53. The molecular formula is C24H23NO4. The molecule has 29 heavy (non-hydrogen) atoms. The Morgan fingerprint density at radius 1 is 1.00 bits per heavy atom. The average molecular weight is 389 g/mol. The molecule has 0 aromatic heterocycles. The molecule has 2 aromatic rings. The summed E-state index contributed by atoms with van der Waals surface area (Å²) in [5.41, 5.74) is 1.60. The lowest BCUT2D eigenvalue weighted by Gasteiger charge is -2.22. The van der Waals surface area contributed by atoms with Gasteiger partial charge in [-0.3, -0.25) is 14.4 Å². The van der Waals surface area contributed by atoms with Crippen LogP contribution in [0.4, 0.5) is 5.69 Å². The van der Waals surface area contributed by atoms with Gasteiger partial charge in [0, 0.05) is 16.8 Å². The van der Waals surface area contributed by atoms with Crippen LogP contribution in [0.5, 0.6) is 0 Å². The molecule has 0 radical (unpaired) electrons. The quantitative estimate of drug-likeness (QED) is 0.454. The number of amides is 1. The van der Waals surface area contributed by atoms with E-state index in [0.717, 1.165) is 12.8 Å². The molecule has 0 aliphatic heterocycles. The second kappa shape index (κ2) is 8.03. The third-order valence-corrected chi connectivity index (χ3v) is 5.69. The third-order valence-electron chi connectivity index (χ3n) is 5.69. The number of ether oxygens (including phenoxy) is 1. The Hall–Kier alpha value is -3.21. The molecule has 1 amide bonds. The number of hydrogen-bond acceptors (Lipinski definition) is 4. The van der Waals surface area contributed by atoms with Crippen molar-refractivity contribution in [3.05, 3.63) is 77.9 Å². The van der Waals surface area contributed by atoms with Gasteiger partial charge in [-0.1, -0.05) is 54.6 Å². The summed E-state index contributed by atoms with van der Waals surface area (Å²) in [6.45, 7) is 1.47. The topological polar surface area (TPSA) is 72.5 Å². The van der Waals surface area contributed by atoms with Gasteiger partial charge in [0.25, 0.3) is 5.91 Å². The summed E-state index contributed by atoms with van der Waals surface area (Å²) in [5.74, 6) is -0.399. The van der Waals surface area contributed by atoms with E-state index >= 15 is 0 Å². The highest BCUT2D eigenvalue weighted by molar-refractivity contribution is 5.99. The van der Waals surface area contributed by atoms with Crippen LogP contribution in [-0.2, 0) is 14.3 Å². The molecule has 2 bridgehead atoms. The number of carbonyl (C=O) groups is 3. The predicted molar refractivity (Wildman–Crippen MR) is 109 cm³/mol. The molecule has 1 fully saturated rings. The van der Waals surface area contributed by atoms with Crippen LogP contribution in [0.2, 0.25) is 0 Å². The fraction of sp³-hybridized carbons (Fsp3) is 0.292. The van der Waals surface area contributed by atoms with Gasteiger partial charge >= 0.3 is 5.97 Å². The number of fused-ring (bicyclic) bond motifs is 2. The molecule has 5 nitrogen and oxygen atoms in total. The van der Waals surface area contributed by atoms with Crippen LogP contribution < -0.4 is 5.32 Å². The lowest BCUT2D eigenvalue weighted by Crippen LogP contribution is -2.30. The van der Waals surface area contributed by atoms with Crippen LogP contribution in [-0.4, -0.2) is 17.7 Å². The van der Waals surface area contributed by atoms with Crippen molar-refractivity contribution in [2.45, 2.75) is 25.9 Å². The van der Waals surface area contributed by atoms with Crippen LogP contribution in [0.1, 0.15) is 41.8 Å². The molecular weight excluding hydrogens is 366 g/mol. The van der Waals surface area contributed by atoms with Gasteiger partial charge < -0.3 is 10.1 Å². The van der Waals surface area contributed by atoms with Crippen molar-refractivity contribution in [3.8, 4) is 0 Å². The van der Waals surface area contributed by atoms with E-state index < -0.39 is 12.0 Å². The monoisotopic (exact) mass is 389 g/mol. The normalized spacial score (nSPS) is 22.9. The van der Waals surface area contributed by atoms with Crippen molar-refractivity contribution in [3.63, 3.8) is 0 Å². The zero-order valence-corrected chi connectivity index (χ0v) is 16.2. The van der Waals surface area contributed by atoms with Crippen LogP contribution in [0.15, 0.2) is 66.7 Å². The molecule has 0 saturated heterocycles. The van der Waals surface area contributed by atoms with Gasteiger partial charge in [-0.15, -0.1) is 0 Å². The highest BCUT2D eigenvalue weighted by atomic mass is 16.5. The number of Topliss-reactive ketones (excluding diaryl/α,β-unsaturated/α-hetero) is 1. The predicted octanol–water partition coefficient (Wildman–Crippen LogP) is 4.32. The lowest BCUT2D eigenvalue weighted by atomic mass is 9.93. The number of esters is 1. The second-order valence-electron chi connectivity index (χ2n) is 7.74. The third kappa shape index (κ3) is 4.14. The first kappa shape index (κ1) is 19.1. The first-order valence-electron chi connectivity index (χ1n) is 9.87. The number of benzene rings is 2. The maximum atomic E-state index is 13.0. The molecule has 1 N–H and O–H groups in total. The molecule has 5 heteroatoms. The second-order valence-corrected chi connectivity index (χ2v) is 7.74. The van der Waals surface area contributed by atoms with Crippen molar-refractivity contribution in [1.29, 1.82) is 0 Å². The number of nitrogens with one attached hydrogen (secondary N) is 1. The minimum Gasteiger partial charge on any atom is -0.447 e. The van der Waals surface area contributed by atoms with Crippen LogP contribution in [0, 0.1) is 17.8 Å². The maximum Gasteiger partial charge on any atom is 0.310 e. The van der Waals surface area contributed by atoms with E-state index in [1.54, 1.807) is 48.5 Å². The van der Waals surface area contributed by atoms with E-state index in [0.29, 0.717) is 22.7 Å². The van der Waals surface area contributed by atoms with E-state index in [9.17, 15) is 14.4 Å². The summed E-state index contributed by atoms with van der Waals surface area (Å²) in [4.78, 5) is 37.5. The smallest absolute Gasteiger partial charge is 0.310 e. The molecule has 0 unspecified atom stereocenters. The zero-order valence-electron chi connectivity index (χ0n) is 16.2. The van der Waals surface area contributed by atoms with Gasteiger partial charge in [-0.05, 0) is 43.7 Å². The Kier molecular flexibility index (Phi) is 5.30. The Labute approximate surface area is 169 Å². The highest BCUT2D eigenvalue weighted by Gasteiger charge is 2.42. The number of rotatable bonds is 6. The van der Waals surface area contributed by atoms with E-state index in [4.69, 9.17) is 4.74 Å². The van der Waals surface area contributed by atoms with Gasteiger partial charge in [0.2, 0.25) is 6.10 Å². The fourth-order valence-electron chi connectivity index (χ4n) is 4.18. The van der Waals surface area contributed by atoms with Crippen molar-refractivity contribution < 1.29 is 19.1 Å². The molecule has 4 rings (SSSR count). The number of ketones is 1. The van der Waals surface area contributed by atoms with Crippen LogP contribution in [0.3, 0.4) is 0 Å². The lowest BCUT2D eigenvalue weighted by molar-refractivity contribution is -0.159. The number of anilines is 1. The zero-order chi connectivity index (χ0) is 20.4. The Morgan fingerprint density at radius 2 is 1.79 bits per heavy atom. The molecule has 0 spiro atoms. The van der Waals surface area contributed by atoms with E-state index in [2.05, 4.69) is 17.5 Å².